The zero-order valence-corrected chi connectivity index (χ0v) is 9.02. The highest BCUT2D eigenvalue weighted by Crippen LogP contribution is 2.10. The van der Waals surface area contributed by atoms with Crippen LogP contribution in [0.5, 0.6) is 0 Å². The van der Waals surface area contributed by atoms with Gasteiger partial charge in [-0.25, -0.2) is 0 Å². The van der Waals surface area contributed by atoms with Gasteiger partial charge in [-0.15, -0.1) is 0 Å². The van der Waals surface area contributed by atoms with Crippen molar-refractivity contribution >= 4 is 0 Å². The largest absolute Gasteiger partial charge is 0.390 e. The minimum atomic E-state index is -0.625. The van der Waals surface area contributed by atoms with Crippen LogP contribution < -0.4 is 11.5 Å². The third kappa shape index (κ3) is 7.26. The highest BCUT2D eigenvalue weighted by atomic mass is 16.3. The molecule has 0 saturated heterocycles. The molecule has 0 aromatic heterocycles. The molecule has 0 aliphatic carbocycles. The highest BCUT2D eigenvalue weighted by Gasteiger charge is 2.14. The monoisotopic (exact) mass is 204 g/mol. The molecule has 0 fully saturated rings. The Hall–Kier alpha value is -0.160. The third-order valence-electron chi connectivity index (χ3n) is 2.33. The maximum Gasteiger partial charge on any atom is 0.0799 e. The Kier molecular flexibility index (Phi) is 8.08. The first kappa shape index (κ1) is 13.8. The number of rotatable bonds is 8. The van der Waals surface area contributed by atoms with Gasteiger partial charge in [-0.3, -0.25) is 0 Å². The molecule has 0 aliphatic rings. The molecule has 86 valence electrons. The second kappa shape index (κ2) is 8.17. The molecule has 0 radical (unpaired) electrons. The summed E-state index contributed by atoms with van der Waals surface area (Å²) in [5.74, 6) is 0. The molecule has 4 heteroatoms. The van der Waals surface area contributed by atoms with Crippen molar-refractivity contribution < 1.29 is 10.2 Å². The van der Waals surface area contributed by atoms with E-state index < -0.39 is 12.2 Å². The van der Waals surface area contributed by atoms with E-state index in [-0.39, 0.29) is 6.17 Å². The first-order valence-corrected chi connectivity index (χ1v) is 5.45. The first-order chi connectivity index (χ1) is 6.57. The Balaban J connectivity index is 3.46. The SMILES string of the molecule is CCCCC(O)C(O)CCCC(N)N. The average Bonchev–Trinajstić information content (AvgIpc) is 2.13. The summed E-state index contributed by atoms with van der Waals surface area (Å²) in [4.78, 5) is 0. The molecule has 0 saturated carbocycles. The molecule has 0 heterocycles. The summed E-state index contributed by atoms with van der Waals surface area (Å²) < 4.78 is 0. The van der Waals surface area contributed by atoms with E-state index in [1.54, 1.807) is 0 Å². The van der Waals surface area contributed by atoms with E-state index >= 15 is 0 Å². The van der Waals surface area contributed by atoms with Gasteiger partial charge in [0.2, 0.25) is 0 Å². The average molecular weight is 204 g/mol. The molecule has 2 atom stereocenters. The van der Waals surface area contributed by atoms with Crippen LogP contribution in [-0.2, 0) is 0 Å². The van der Waals surface area contributed by atoms with Gasteiger partial charge < -0.3 is 21.7 Å². The van der Waals surface area contributed by atoms with Gasteiger partial charge in [-0.1, -0.05) is 19.8 Å². The molecule has 0 spiro atoms. The van der Waals surface area contributed by atoms with E-state index in [1.807, 2.05) is 0 Å². The molecule has 14 heavy (non-hydrogen) atoms. The Morgan fingerprint density at radius 1 is 0.929 bits per heavy atom. The van der Waals surface area contributed by atoms with Crippen LogP contribution in [0.4, 0.5) is 0 Å². The second-order valence-electron chi connectivity index (χ2n) is 3.87. The van der Waals surface area contributed by atoms with Gasteiger partial charge >= 0.3 is 0 Å². The summed E-state index contributed by atoms with van der Waals surface area (Å²) >= 11 is 0. The van der Waals surface area contributed by atoms with Gasteiger partial charge in [-0.05, 0) is 25.7 Å². The lowest BCUT2D eigenvalue weighted by molar-refractivity contribution is 0.00725. The fourth-order valence-electron chi connectivity index (χ4n) is 1.36. The topological polar surface area (TPSA) is 92.5 Å². The second-order valence-corrected chi connectivity index (χ2v) is 3.87. The lowest BCUT2D eigenvalue weighted by Crippen LogP contribution is -2.31. The number of hydrogen-bond acceptors (Lipinski definition) is 4. The zero-order chi connectivity index (χ0) is 11.0. The lowest BCUT2D eigenvalue weighted by Gasteiger charge is -2.17. The minimum absolute atomic E-state index is 0.310. The molecule has 2 unspecified atom stereocenters. The quantitative estimate of drug-likeness (QED) is 0.428. The normalized spacial score (nSPS) is 15.9. The Bertz CT molecular complexity index is 131. The predicted octanol–water partition coefficient (Wildman–Crippen LogP) is 0.312. The van der Waals surface area contributed by atoms with Gasteiger partial charge in [0.25, 0.3) is 0 Å². The van der Waals surface area contributed by atoms with Crippen LogP contribution in [0.2, 0.25) is 0 Å². The van der Waals surface area contributed by atoms with Gasteiger partial charge in [0.15, 0.2) is 0 Å². The van der Waals surface area contributed by atoms with Crippen molar-refractivity contribution in [3.05, 3.63) is 0 Å². The Morgan fingerprint density at radius 2 is 1.43 bits per heavy atom. The molecular formula is C10H24N2O2. The minimum Gasteiger partial charge on any atom is -0.390 e. The van der Waals surface area contributed by atoms with Crippen molar-refractivity contribution in [1.82, 2.24) is 0 Å². The number of nitrogens with two attached hydrogens (primary N) is 2. The van der Waals surface area contributed by atoms with Crippen molar-refractivity contribution in [3.63, 3.8) is 0 Å². The predicted molar refractivity (Wildman–Crippen MR) is 57.6 cm³/mol. The Morgan fingerprint density at radius 3 is 1.86 bits per heavy atom. The van der Waals surface area contributed by atoms with E-state index in [0.717, 1.165) is 19.3 Å². The zero-order valence-electron chi connectivity index (χ0n) is 9.02. The van der Waals surface area contributed by atoms with Crippen LogP contribution in [0, 0.1) is 0 Å². The van der Waals surface area contributed by atoms with Crippen molar-refractivity contribution in [2.45, 2.75) is 63.8 Å². The van der Waals surface area contributed by atoms with E-state index in [2.05, 4.69) is 6.92 Å². The maximum absolute atomic E-state index is 9.53. The third-order valence-corrected chi connectivity index (χ3v) is 2.33. The van der Waals surface area contributed by atoms with Crippen molar-refractivity contribution in [2.75, 3.05) is 0 Å². The summed E-state index contributed by atoms with van der Waals surface area (Å²) in [7, 11) is 0. The number of unbranched alkanes of at least 4 members (excludes halogenated alkanes) is 1. The van der Waals surface area contributed by atoms with Crippen LogP contribution in [0.25, 0.3) is 0 Å². The number of hydrogen-bond donors (Lipinski definition) is 4. The van der Waals surface area contributed by atoms with Gasteiger partial charge in [0.1, 0.15) is 0 Å². The van der Waals surface area contributed by atoms with Crippen LogP contribution in [0.1, 0.15) is 45.4 Å². The van der Waals surface area contributed by atoms with Gasteiger partial charge in [0.05, 0.1) is 18.4 Å². The summed E-state index contributed by atoms with van der Waals surface area (Å²) in [6.45, 7) is 2.06. The van der Waals surface area contributed by atoms with E-state index in [1.165, 1.54) is 0 Å². The lowest BCUT2D eigenvalue weighted by atomic mass is 10.0. The molecule has 4 nitrogen and oxygen atoms in total. The van der Waals surface area contributed by atoms with Gasteiger partial charge in [-0.2, -0.15) is 0 Å². The molecule has 6 N–H and O–H groups in total. The van der Waals surface area contributed by atoms with Crippen LogP contribution in [-0.4, -0.2) is 28.6 Å². The summed E-state index contributed by atoms with van der Waals surface area (Å²) in [5.41, 5.74) is 10.7. The molecular weight excluding hydrogens is 180 g/mol. The van der Waals surface area contributed by atoms with Crippen LogP contribution in [0.3, 0.4) is 0 Å². The summed E-state index contributed by atoms with van der Waals surface area (Å²) in [6, 6.07) is 0. The molecule has 0 aliphatic heterocycles. The van der Waals surface area contributed by atoms with Crippen molar-refractivity contribution in [3.8, 4) is 0 Å². The smallest absolute Gasteiger partial charge is 0.0799 e. The maximum atomic E-state index is 9.53. The first-order valence-electron chi connectivity index (χ1n) is 5.45. The fourth-order valence-corrected chi connectivity index (χ4v) is 1.36. The van der Waals surface area contributed by atoms with Crippen molar-refractivity contribution in [2.24, 2.45) is 11.5 Å². The van der Waals surface area contributed by atoms with E-state index in [0.29, 0.717) is 19.3 Å². The van der Waals surface area contributed by atoms with Crippen molar-refractivity contribution in [1.29, 1.82) is 0 Å². The Labute approximate surface area is 86.3 Å². The van der Waals surface area contributed by atoms with E-state index in [9.17, 15) is 10.2 Å². The number of aliphatic hydroxyl groups is 2. The number of aliphatic hydroxyl groups excluding tert-OH is 2. The standard InChI is InChI=1S/C10H24N2O2/c1-2-3-5-8(13)9(14)6-4-7-10(11)12/h8-10,13-14H,2-7,11-12H2,1H3. The van der Waals surface area contributed by atoms with E-state index in [4.69, 9.17) is 11.5 Å². The van der Waals surface area contributed by atoms with Crippen LogP contribution >= 0.6 is 0 Å². The van der Waals surface area contributed by atoms with Gasteiger partial charge in [0, 0.05) is 0 Å². The van der Waals surface area contributed by atoms with Crippen LogP contribution in [0.15, 0.2) is 0 Å². The molecule has 0 amide bonds. The highest BCUT2D eigenvalue weighted by molar-refractivity contribution is 4.67. The summed E-state index contributed by atoms with van der Waals surface area (Å²) in [5, 5.41) is 19.0. The fraction of sp³-hybridized carbons (Fsp3) is 1.00. The molecule has 0 bridgehead atoms. The summed E-state index contributed by atoms with van der Waals surface area (Å²) in [6.07, 6.45) is 3.17. The molecule has 0 aromatic rings. The molecule has 0 aromatic carbocycles. The molecule has 0 rings (SSSR count).